The van der Waals surface area contributed by atoms with Crippen molar-refractivity contribution >= 4 is 17.0 Å². The first-order chi connectivity index (χ1) is 9.03. The maximum absolute atomic E-state index is 13.9. The van der Waals surface area contributed by atoms with Crippen molar-refractivity contribution in [2.75, 3.05) is 12.3 Å². The van der Waals surface area contributed by atoms with Gasteiger partial charge in [-0.15, -0.1) is 0 Å². The Labute approximate surface area is 106 Å². The lowest BCUT2D eigenvalue weighted by Crippen LogP contribution is -2.25. The fourth-order valence-electron chi connectivity index (χ4n) is 2.15. The standard InChI is InChI=1S/C10H11F2N5O2/c11-10(12)1-5(2-18)19-9(10)17-4-16-6-7(13)14-3-15-8(6)17/h3-5,9,18H,1-2H2,(H2,13,14,15)/t5-,9-/m1/s1. The minimum atomic E-state index is -3.11. The number of aliphatic hydroxyl groups excluding tert-OH is 1. The van der Waals surface area contributed by atoms with Gasteiger partial charge in [-0.05, 0) is 0 Å². The molecular formula is C10H11F2N5O2. The predicted octanol–water partition coefficient (Wildman–Crippen LogP) is 0.324. The second kappa shape index (κ2) is 4.07. The van der Waals surface area contributed by atoms with Gasteiger partial charge in [0.15, 0.2) is 11.5 Å². The quantitative estimate of drug-likeness (QED) is 0.816. The molecule has 1 aliphatic heterocycles. The van der Waals surface area contributed by atoms with Crippen molar-refractivity contribution in [1.82, 2.24) is 19.5 Å². The highest BCUT2D eigenvalue weighted by Crippen LogP contribution is 2.43. The van der Waals surface area contributed by atoms with Gasteiger partial charge in [-0.1, -0.05) is 0 Å². The average molecular weight is 271 g/mol. The molecule has 1 aliphatic rings. The Kier molecular flexibility index (Phi) is 2.61. The molecule has 0 aromatic carbocycles. The van der Waals surface area contributed by atoms with E-state index in [1.807, 2.05) is 0 Å². The summed E-state index contributed by atoms with van der Waals surface area (Å²) in [5.74, 6) is -3.00. The maximum Gasteiger partial charge on any atom is 0.295 e. The minimum Gasteiger partial charge on any atom is -0.394 e. The second-order valence-corrected chi connectivity index (χ2v) is 4.34. The summed E-state index contributed by atoms with van der Waals surface area (Å²) >= 11 is 0. The summed E-state index contributed by atoms with van der Waals surface area (Å²) in [6, 6.07) is 0. The number of nitrogens with two attached hydrogens (primary N) is 1. The summed E-state index contributed by atoms with van der Waals surface area (Å²) in [6.07, 6.45) is -0.643. The first-order valence-electron chi connectivity index (χ1n) is 5.60. The zero-order valence-corrected chi connectivity index (χ0v) is 9.70. The van der Waals surface area contributed by atoms with E-state index < -0.39 is 31.3 Å². The Hall–Kier alpha value is -1.87. The molecule has 0 saturated carbocycles. The van der Waals surface area contributed by atoms with Crippen LogP contribution in [0.15, 0.2) is 12.7 Å². The van der Waals surface area contributed by atoms with Crippen molar-refractivity contribution in [1.29, 1.82) is 0 Å². The molecule has 0 radical (unpaired) electrons. The number of hydrogen-bond acceptors (Lipinski definition) is 6. The summed E-state index contributed by atoms with van der Waals surface area (Å²) in [4.78, 5) is 11.6. The van der Waals surface area contributed by atoms with Crippen molar-refractivity contribution in [3.8, 4) is 0 Å². The Morgan fingerprint density at radius 1 is 1.47 bits per heavy atom. The molecule has 7 nitrogen and oxygen atoms in total. The van der Waals surface area contributed by atoms with Crippen molar-refractivity contribution < 1.29 is 18.6 Å². The van der Waals surface area contributed by atoms with Crippen molar-refractivity contribution in [3.05, 3.63) is 12.7 Å². The number of imidazole rings is 1. The van der Waals surface area contributed by atoms with Gasteiger partial charge < -0.3 is 15.6 Å². The van der Waals surface area contributed by atoms with E-state index in [2.05, 4.69) is 15.0 Å². The highest BCUT2D eigenvalue weighted by molar-refractivity contribution is 5.81. The number of aromatic nitrogens is 4. The monoisotopic (exact) mass is 271 g/mol. The number of halogens is 2. The number of nitrogen functional groups attached to an aromatic ring is 1. The van der Waals surface area contributed by atoms with Crippen LogP contribution in [-0.4, -0.2) is 43.3 Å². The average Bonchev–Trinajstić information content (AvgIpc) is 2.90. The molecule has 2 atom stereocenters. The predicted molar refractivity (Wildman–Crippen MR) is 60.3 cm³/mol. The Morgan fingerprint density at radius 3 is 2.95 bits per heavy atom. The van der Waals surface area contributed by atoms with Crippen LogP contribution < -0.4 is 5.73 Å². The van der Waals surface area contributed by atoms with Crippen LogP contribution in [0.2, 0.25) is 0 Å². The summed E-state index contributed by atoms with van der Waals surface area (Å²) in [5, 5.41) is 8.94. The zero-order valence-electron chi connectivity index (χ0n) is 9.70. The van der Waals surface area contributed by atoms with Crippen LogP contribution >= 0.6 is 0 Å². The van der Waals surface area contributed by atoms with Crippen LogP contribution in [0.4, 0.5) is 14.6 Å². The molecule has 2 aromatic heterocycles. The molecule has 3 heterocycles. The zero-order chi connectivity index (χ0) is 13.6. The van der Waals surface area contributed by atoms with Crippen LogP contribution in [-0.2, 0) is 4.74 Å². The van der Waals surface area contributed by atoms with Crippen LogP contribution in [0.5, 0.6) is 0 Å². The summed E-state index contributed by atoms with van der Waals surface area (Å²) in [7, 11) is 0. The summed E-state index contributed by atoms with van der Waals surface area (Å²) in [6.45, 7) is -0.462. The van der Waals surface area contributed by atoms with Gasteiger partial charge in [0.05, 0.1) is 19.0 Å². The molecule has 2 aromatic rings. The van der Waals surface area contributed by atoms with Gasteiger partial charge in [0.1, 0.15) is 11.8 Å². The molecular weight excluding hydrogens is 260 g/mol. The third-order valence-corrected chi connectivity index (χ3v) is 3.03. The van der Waals surface area contributed by atoms with Gasteiger partial charge in [0, 0.05) is 6.42 Å². The molecule has 0 aliphatic carbocycles. The summed E-state index contributed by atoms with van der Waals surface area (Å²) < 4.78 is 34.0. The number of nitrogens with zero attached hydrogens (tertiary/aromatic N) is 4. The van der Waals surface area contributed by atoms with E-state index in [0.717, 1.165) is 4.57 Å². The van der Waals surface area contributed by atoms with E-state index in [4.69, 9.17) is 15.6 Å². The molecule has 1 fully saturated rings. The molecule has 0 bridgehead atoms. The van der Waals surface area contributed by atoms with E-state index in [1.165, 1.54) is 12.7 Å². The number of alkyl halides is 2. The molecule has 1 saturated heterocycles. The van der Waals surface area contributed by atoms with E-state index in [1.54, 1.807) is 0 Å². The van der Waals surface area contributed by atoms with Gasteiger partial charge in [-0.2, -0.15) is 0 Å². The van der Waals surface area contributed by atoms with Crippen molar-refractivity contribution in [3.63, 3.8) is 0 Å². The van der Waals surface area contributed by atoms with Crippen molar-refractivity contribution in [2.24, 2.45) is 0 Å². The van der Waals surface area contributed by atoms with Gasteiger partial charge in [-0.3, -0.25) is 4.57 Å². The summed E-state index contributed by atoms with van der Waals surface area (Å²) in [5.41, 5.74) is 6.02. The molecule has 0 amide bonds. The lowest BCUT2D eigenvalue weighted by atomic mass is 10.2. The van der Waals surface area contributed by atoms with Gasteiger partial charge in [-0.25, -0.2) is 23.7 Å². The molecule has 3 rings (SSSR count). The highest BCUT2D eigenvalue weighted by atomic mass is 19.3. The largest absolute Gasteiger partial charge is 0.394 e. The SMILES string of the molecule is Nc1ncnc2c1ncn2[C@@H]1O[C@@H](CO)CC1(F)F. The van der Waals surface area contributed by atoms with Gasteiger partial charge in [0.25, 0.3) is 5.92 Å². The Balaban J connectivity index is 2.07. The number of rotatable bonds is 2. The van der Waals surface area contributed by atoms with Gasteiger partial charge in [0.2, 0.25) is 6.23 Å². The second-order valence-electron chi connectivity index (χ2n) is 4.34. The van der Waals surface area contributed by atoms with E-state index >= 15 is 0 Å². The number of hydrogen-bond donors (Lipinski definition) is 2. The lowest BCUT2D eigenvalue weighted by molar-refractivity contribution is -0.116. The molecule has 9 heteroatoms. The van der Waals surface area contributed by atoms with Crippen LogP contribution in [0, 0.1) is 0 Å². The number of fused-ring (bicyclic) bond motifs is 1. The van der Waals surface area contributed by atoms with Crippen LogP contribution in [0.1, 0.15) is 12.6 Å². The third kappa shape index (κ3) is 1.81. The molecule has 3 N–H and O–H groups in total. The Bertz CT molecular complexity index is 617. The Morgan fingerprint density at radius 2 is 2.26 bits per heavy atom. The van der Waals surface area contributed by atoms with Gasteiger partial charge >= 0.3 is 0 Å². The topological polar surface area (TPSA) is 99.1 Å². The first-order valence-corrected chi connectivity index (χ1v) is 5.60. The van der Waals surface area contributed by atoms with E-state index in [9.17, 15) is 8.78 Å². The minimum absolute atomic E-state index is 0.115. The normalized spacial score (nSPS) is 26.1. The fourth-order valence-corrected chi connectivity index (χ4v) is 2.15. The number of ether oxygens (including phenoxy) is 1. The third-order valence-electron chi connectivity index (χ3n) is 3.03. The number of aliphatic hydroxyl groups is 1. The molecule has 102 valence electrons. The van der Waals surface area contributed by atoms with E-state index in [0.29, 0.717) is 0 Å². The first kappa shape index (κ1) is 12.2. The molecule has 19 heavy (non-hydrogen) atoms. The van der Waals surface area contributed by atoms with Crippen LogP contribution in [0.25, 0.3) is 11.2 Å². The lowest BCUT2D eigenvalue weighted by Gasteiger charge is -2.19. The smallest absolute Gasteiger partial charge is 0.295 e. The van der Waals surface area contributed by atoms with Crippen molar-refractivity contribution in [2.45, 2.75) is 24.7 Å². The fraction of sp³-hybridized carbons (Fsp3) is 0.500. The number of anilines is 1. The molecule has 0 unspecified atom stereocenters. The highest BCUT2D eigenvalue weighted by Gasteiger charge is 2.51. The molecule has 0 spiro atoms. The maximum atomic E-state index is 13.9. The van der Waals surface area contributed by atoms with E-state index in [-0.39, 0.29) is 17.0 Å². The van der Waals surface area contributed by atoms with Crippen LogP contribution in [0.3, 0.4) is 0 Å².